The van der Waals surface area contributed by atoms with Gasteiger partial charge in [0.15, 0.2) is 5.95 Å². The normalized spacial score (nSPS) is 31.4. The summed E-state index contributed by atoms with van der Waals surface area (Å²) >= 11 is 5.16. The molecule has 0 spiro atoms. The van der Waals surface area contributed by atoms with Gasteiger partial charge in [-0.1, -0.05) is 12.2 Å². The van der Waals surface area contributed by atoms with E-state index in [9.17, 15) is 34.4 Å². The molecule has 0 amide bonds. The molecular formula is C19H26N5O11PS. The number of aromatic amines is 2. The van der Waals surface area contributed by atoms with Gasteiger partial charge in [0.1, 0.15) is 41.4 Å². The van der Waals surface area contributed by atoms with E-state index < -0.39 is 75.1 Å². The van der Waals surface area contributed by atoms with Crippen LogP contribution in [-0.2, 0) is 23.1 Å². The number of hydrogen-bond donors (Lipinski definition) is 7. The molecule has 2 aliphatic rings. The number of hydrogen-bond acceptors (Lipinski definition) is 13. The Labute approximate surface area is 213 Å². The van der Waals surface area contributed by atoms with Gasteiger partial charge in [-0.3, -0.25) is 23.4 Å². The molecule has 4 heterocycles. The number of anilines is 1. The molecule has 0 aliphatic carbocycles. The number of phosphoric acid groups is 1. The predicted molar refractivity (Wildman–Crippen MR) is 126 cm³/mol. The second-order valence-electron chi connectivity index (χ2n) is 8.57. The standard InChI is InChI=1S/C19H26N5O11PS/c1-7-4-24(19(29)22-16(7)28)12-2-9(26)11(33-12)6-32-36(30,31)35-15-10(5-25)34-14(13(15)27)8-3-21-18(20)23-17(8)37/h3-4,9-15,25-27H,2,5-6H2,1H3,(H,30,31)(H,22,28,29)(H3,20,21,23,37)/t9-,10+,11+,12+,13-,14-,15+/m0/s1. The maximum atomic E-state index is 12.7. The Balaban J connectivity index is 1.41. The van der Waals surface area contributed by atoms with Gasteiger partial charge in [-0.05, 0) is 6.92 Å². The number of aryl methyl sites for hydroxylation is 1. The van der Waals surface area contributed by atoms with E-state index >= 15 is 0 Å². The summed E-state index contributed by atoms with van der Waals surface area (Å²) in [6.45, 7) is 0.201. The lowest BCUT2D eigenvalue weighted by molar-refractivity contribution is -0.0545. The summed E-state index contributed by atoms with van der Waals surface area (Å²) in [4.78, 5) is 42.5. The quantitative estimate of drug-likeness (QED) is 0.143. The Morgan fingerprint density at radius 2 is 2.03 bits per heavy atom. The monoisotopic (exact) mass is 563 g/mol. The number of nitrogens with zero attached hydrogens (tertiary/aromatic N) is 2. The number of H-pyrrole nitrogens is 2. The largest absolute Gasteiger partial charge is 0.472 e. The van der Waals surface area contributed by atoms with Crippen molar-refractivity contribution in [2.45, 2.75) is 56.2 Å². The van der Waals surface area contributed by atoms with Crippen LogP contribution in [-0.4, -0.2) is 83.5 Å². The minimum absolute atomic E-state index is 0.0279. The van der Waals surface area contributed by atoms with Crippen molar-refractivity contribution in [2.75, 3.05) is 18.9 Å². The molecule has 18 heteroatoms. The number of ether oxygens (including phenoxy) is 2. The lowest BCUT2D eigenvalue weighted by Gasteiger charge is -2.23. The molecule has 0 bridgehead atoms. The van der Waals surface area contributed by atoms with Crippen LogP contribution in [0.15, 0.2) is 22.0 Å². The smallest absolute Gasteiger partial charge is 0.394 e. The number of nitrogen functional groups attached to an aromatic ring is 1. The SMILES string of the molecule is Cc1cn([C@H]2C[C@H](O)[C@@H](COP(=O)(O)O[C@H]3[C@@H](O)[C@H](c4cnc(N)[nH]c4=S)O[C@@H]3CO)O2)c(=O)[nH]c1=O. The Hall–Kier alpha value is -2.31. The van der Waals surface area contributed by atoms with Crippen LogP contribution in [0.1, 0.15) is 29.9 Å². The molecule has 0 radical (unpaired) electrons. The van der Waals surface area contributed by atoms with E-state index in [2.05, 4.69) is 15.0 Å². The van der Waals surface area contributed by atoms with Crippen LogP contribution < -0.4 is 17.0 Å². The van der Waals surface area contributed by atoms with Gasteiger partial charge in [-0.25, -0.2) is 14.3 Å². The van der Waals surface area contributed by atoms with E-state index in [1.807, 2.05) is 0 Å². The van der Waals surface area contributed by atoms with Crippen molar-refractivity contribution in [3.8, 4) is 0 Å². The van der Waals surface area contributed by atoms with Gasteiger partial charge in [-0.2, -0.15) is 0 Å². The van der Waals surface area contributed by atoms with Crippen LogP contribution in [0.4, 0.5) is 5.95 Å². The highest BCUT2D eigenvalue weighted by Crippen LogP contribution is 2.49. The van der Waals surface area contributed by atoms with Gasteiger partial charge < -0.3 is 40.4 Å². The molecule has 2 saturated heterocycles. The van der Waals surface area contributed by atoms with Crippen LogP contribution >= 0.6 is 20.0 Å². The summed E-state index contributed by atoms with van der Waals surface area (Å²) in [6.07, 6.45) is -6.21. The number of phosphoric ester groups is 1. The van der Waals surface area contributed by atoms with Crippen LogP contribution in [0.5, 0.6) is 0 Å². The highest BCUT2D eigenvalue weighted by molar-refractivity contribution is 7.71. The van der Waals surface area contributed by atoms with E-state index in [4.69, 9.17) is 36.5 Å². The van der Waals surface area contributed by atoms with E-state index in [0.717, 1.165) is 4.57 Å². The van der Waals surface area contributed by atoms with Gasteiger partial charge in [0.25, 0.3) is 5.56 Å². The maximum Gasteiger partial charge on any atom is 0.472 e. The van der Waals surface area contributed by atoms with Crippen LogP contribution in [0.2, 0.25) is 0 Å². The van der Waals surface area contributed by atoms with Gasteiger partial charge in [0.05, 0.1) is 19.3 Å². The summed E-state index contributed by atoms with van der Waals surface area (Å²) in [6, 6.07) is 0. The van der Waals surface area contributed by atoms with E-state index in [-0.39, 0.29) is 28.1 Å². The summed E-state index contributed by atoms with van der Waals surface area (Å²) < 4.78 is 35.1. The van der Waals surface area contributed by atoms with Crippen molar-refractivity contribution in [2.24, 2.45) is 0 Å². The van der Waals surface area contributed by atoms with Crippen molar-refractivity contribution >= 4 is 26.0 Å². The lowest BCUT2D eigenvalue weighted by atomic mass is 10.0. The topological polar surface area (TPSA) is 244 Å². The summed E-state index contributed by atoms with van der Waals surface area (Å²) in [5, 5.41) is 30.7. The highest BCUT2D eigenvalue weighted by atomic mass is 32.1. The Morgan fingerprint density at radius 1 is 1.30 bits per heavy atom. The average molecular weight is 563 g/mol. The third-order valence-corrected chi connectivity index (χ3v) is 7.31. The summed E-state index contributed by atoms with van der Waals surface area (Å²) in [7, 11) is -4.89. The molecule has 37 heavy (non-hydrogen) atoms. The first kappa shape index (κ1) is 27.7. The van der Waals surface area contributed by atoms with Gasteiger partial charge in [-0.15, -0.1) is 0 Å². The number of rotatable bonds is 8. The Kier molecular flexibility index (Phi) is 8.10. The van der Waals surface area contributed by atoms with Crippen LogP contribution in [0.3, 0.4) is 0 Å². The van der Waals surface area contributed by atoms with Crippen LogP contribution in [0.25, 0.3) is 0 Å². The molecular weight excluding hydrogens is 537 g/mol. The van der Waals surface area contributed by atoms with Gasteiger partial charge >= 0.3 is 13.5 Å². The average Bonchev–Trinajstić information content (AvgIpc) is 3.34. The first-order chi connectivity index (χ1) is 17.4. The fourth-order valence-corrected chi connectivity index (χ4v) is 5.32. The second-order valence-corrected chi connectivity index (χ2v) is 10.4. The van der Waals surface area contributed by atoms with Crippen molar-refractivity contribution < 1.29 is 43.3 Å². The number of aromatic nitrogens is 4. The lowest BCUT2D eigenvalue weighted by Crippen LogP contribution is -2.35. The number of aliphatic hydroxyl groups is 3. The van der Waals surface area contributed by atoms with Crippen molar-refractivity contribution in [3.63, 3.8) is 0 Å². The van der Waals surface area contributed by atoms with E-state index in [1.54, 1.807) is 0 Å². The third kappa shape index (κ3) is 5.91. The number of nitrogens with two attached hydrogens (primary N) is 1. The molecule has 2 aromatic heterocycles. The van der Waals surface area contributed by atoms with Crippen molar-refractivity contribution in [1.82, 2.24) is 19.5 Å². The Morgan fingerprint density at radius 3 is 2.70 bits per heavy atom. The maximum absolute atomic E-state index is 12.7. The summed E-state index contributed by atoms with van der Waals surface area (Å²) in [5.41, 5.74) is 4.69. The number of nitrogens with one attached hydrogen (secondary N) is 2. The molecule has 8 N–H and O–H groups in total. The number of aliphatic hydroxyl groups excluding tert-OH is 3. The molecule has 2 fully saturated rings. The van der Waals surface area contributed by atoms with Crippen LogP contribution in [0, 0.1) is 11.6 Å². The molecule has 204 valence electrons. The fraction of sp³-hybridized carbons (Fsp3) is 0.579. The predicted octanol–water partition coefficient (Wildman–Crippen LogP) is -1.48. The minimum atomic E-state index is -4.89. The second kappa shape index (κ2) is 10.8. The molecule has 4 rings (SSSR count). The van der Waals surface area contributed by atoms with E-state index in [1.165, 1.54) is 19.3 Å². The molecule has 8 atom stereocenters. The van der Waals surface area contributed by atoms with Crippen molar-refractivity contribution in [1.29, 1.82) is 0 Å². The van der Waals surface area contributed by atoms with Crippen molar-refractivity contribution in [3.05, 3.63) is 49.0 Å². The molecule has 2 aromatic rings. The van der Waals surface area contributed by atoms with Gasteiger partial charge in [0, 0.05) is 29.9 Å². The first-order valence-corrected chi connectivity index (χ1v) is 12.9. The molecule has 1 unspecified atom stereocenters. The summed E-state index contributed by atoms with van der Waals surface area (Å²) in [5.74, 6) is 0.0279. The van der Waals surface area contributed by atoms with E-state index in [0.29, 0.717) is 0 Å². The molecule has 2 aliphatic heterocycles. The highest BCUT2D eigenvalue weighted by Gasteiger charge is 2.49. The zero-order valence-electron chi connectivity index (χ0n) is 19.3. The van der Waals surface area contributed by atoms with Gasteiger partial charge in [0.2, 0.25) is 0 Å². The zero-order chi connectivity index (χ0) is 27.1. The minimum Gasteiger partial charge on any atom is -0.394 e. The Bertz CT molecular complexity index is 1360. The molecule has 16 nitrogen and oxygen atoms in total. The molecule has 0 aromatic carbocycles. The first-order valence-electron chi connectivity index (χ1n) is 11.0. The fourth-order valence-electron chi connectivity index (χ4n) is 4.08. The third-order valence-electron chi connectivity index (χ3n) is 5.98. The zero-order valence-corrected chi connectivity index (χ0v) is 21.0. The molecule has 0 saturated carbocycles.